The lowest BCUT2D eigenvalue weighted by molar-refractivity contribution is -0.693. The minimum absolute atomic E-state index is 0.604. The number of nitrogens with two attached hydrogens (primary N) is 1. The molecule has 0 spiro atoms. The molecule has 72 valence electrons. The molecule has 0 aliphatic rings. The standard InChI is InChI=1S/C12H19N/c1-3-4-10-13-11(2)12-8-6-5-7-9-12/h5-9,11,13H,3-4,10H2,1-2H3/p+1/t11-/m1/s1. The predicted octanol–water partition coefficient (Wildman–Crippen LogP) is 2.11. The molecule has 0 aliphatic carbocycles. The first-order valence-corrected chi connectivity index (χ1v) is 5.23. The van der Waals surface area contributed by atoms with Gasteiger partial charge < -0.3 is 5.32 Å². The lowest BCUT2D eigenvalue weighted by atomic mass is 10.1. The van der Waals surface area contributed by atoms with Crippen LogP contribution in [-0.4, -0.2) is 6.54 Å². The second-order valence-corrected chi connectivity index (χ2v) is 3.58. The normalized spacial score (nSPS) is 12.8. The number of hydrogen-bond acceptors (Lipinski definition) is 0. The molecule has 1 aromatic rings. The first-order valence-electron chi connectivity index (χ1n) is 5.23. The van der Waals surface area contributed by atoms with E-state index >= 15 is 0 Å². The lowest BCUT2D eigenvalue weighted by Crippen LogP contribution is -2.84. The van der Waals surface area contributed by atoms with E-state index in [4.69, 9.17) is 0 Å². The minimum atomic E-state index is 0.604. The highest BCUT2D eigenvalue weighted by Gasteiger charge is 2.05. The van der Waals surface area contributed by atoms with Gasteiger partial charge in [0, 0.05) is 5.56 Å². The van der Waals surface area contributed by atoms with Gasteiger partial charge in [-0.15, -0.1) is 0 Å². The Morgan fingerprint density at radius 3 is 2.54 bits per heavy atom. The zero-order valence-electron chi connectivity index (χ0n) is 8.66. The third-order valence-electron chi connectivity index (χ3n) is 2.40. The summed E-state index contributed by atoms with van der Waals surface area (Å²) in [4.78, 5) is 0. The van der Waals surface area contributed by atoms with Crippen LogP contribution in [0.5, 0.6) is 0 Å². The highest BCUT2D eigenvalue weighted by atomic mass is 14.9. The number of rotatable bonds is 5. The molecule has 0 unspecified atom stereocenters. The Kier molecular flexibility index (Phi) is 4.55. The molecular formula is C12H20N+. The van der Waals surface area contributed by atoms with E-state index in [1.165, 1.54) is 24.9 Å². The Labute approximate surface area is 81.2 Å². The molecule has 0 aliphatic heterocycles. The molecule has 0 aromatic heterocycles. The third kappa shape index (κ3) is 3.60. The second-order valence-electron chi connectivity index (χ2n) is 3.58. The first kappa shape index (κ1) is 10.3. The molecule has 1 aromatic carbocycles. The Bertz CT molecular complexity index is 218. The van der Waals surface area contributed by atoms with Gasteiger partial charge in [0.1, 0.15) is 6.04 Å². The highest BCUT2D eigenvalue weighted by Crippen LogP contribution is 2.05. The molecule has 0 saturated carbocycles. The van der Waals surface area contributed by atoms with Crippen molar-refractivity contribution in [2.45, 2.75) is 32.7 Å². The largest absolute Gasteiger partial charge is 0.340 e. The van der Waals surface area contributed by atoms with Crippen LogP contribution < -0.4 is 5.32 Å². The molecule has 0 fully saturated rings. The van der Waals surface area contributed by atoms with Crippen molar-refractivity contribution in [2.75, 3.05) is 6.54 Å². The molecule has 0 amide bonds. The summed E-state index contributed by atoms with van der Waals surface area (Å²) in [6.45, 7) is 5.75. The summed E-state index contributed by atoms with van der Waals surface area (Å²) in [5.74, 6) is 0. The Morgan fingerprint density at radius 2 is 1.92 bits per heavy atom. The summed E-state index contributed by atoms with van der Waals surface area (Å²) in [5, 5.41) is 2.42. The third-order valence-corrected chi connectivity index (χ3v) is 2.40. The number of hydrogen-bond donors (Lipinski definition) is 1. The fourth-order valence-corrected chi connectivity index (χ4v) is 1.46. The summed E-state index contributed by atoms with van der Waals surface area (Å²) in [6, 6.07) is 11.3. The van der Waals surface area contributed by atoms with Crippen LogP contribution in [-0.2, 0) is 0 Å². The zero-order chi connectivity index (χ0) is 9.52. The van der Waals surface area contributed by atoms with Gasteiger partial charge in [0.25, 0.3) is 0 Å². The van der Waals surface area contributed by atoms with Crippen molar-refractivity contribution in [2.24, 2.45) is 0 Å². The molecule has 1 heteroatoms. The Hall–Kier alpha value is -0.820. The van der Waals surface area contributed by atoms with Gasteiger partial charge in [-0.25, -0.2) is 0 Å². The van der Waals surface area contributed by atoms with Crippen LogP contribution in [0.3, 0.4) is 0 Å². The van der Waals surface area contributed by atoms with Crippen LogP contribution in [0.15, 0.2) is 30.3 Å². The molecule has 0 heterocycles. The van der Waals surface area contributed by atoms with Gasteiger partial charge in [-0.2, -0.15) is 0 Å². The van der Waals surface area contributed by atoms with Crippen molar-refractivity contribution in [1.82, 2.24) is 0 Å². The van der Waals surface area contributed by atoms with Gasteiger partial charge >= 0.3 is 0 Å². The van der Waals surface area contributed by atoms with E-state index in [0.29, 0.717) is 6.04 Å². The van der Waals surface area contributed by atoms with Crippen LogP contribution in [0, 0.1) is 0 Å². The Morgan fingerprint density at radius 1 is 1.23 bits per heavy atom. The van der Waals surface area contributed by atoms with Crippen LogP contribution in [0.2, 0.25) is 0 Å². The molecule has 1 nitrogen and oxygen atoms in total. The second kappa shape index (κ2) is 5.76. The van der Waals surface area contributed by atoms with Crippen LogP contribution >= 0.6 is 0 Å². The van der Waals surface area contributed by atoms with Gasteiger partial charge in [-0.05, 0) is 13.3 Å². The average molecular weight is 178 g/mol. The van der Waals surface area contributed by atoms with Gasteiger partial charge in [0.15, 0.2) is 0 Å². The quantitative estimate of drug-likeness (QED) is 0.665. The van der Waals surface area contributed by atoms with E-state index in [1.54, 1.807) is 0 Å². The number of quaternary nitrogens is 1. The SMILES string of the molecule is CCCC[NH2+][C@H](C)c1ccccc1. The van der Waals surface area contributed by atoms with Gasteiger partial charge in [0.2, 0.25) is 0 Å². The minimum Gasteiger partial charge on any atom is -0.340 e. The summed E-state index contributed by atoms with van der Waals surface area (Å²) >= 11 is 0. The van der Waals surface area contributed by atoms with Crippen LogP contribution in [0.1, 0.15) is 38.3 Å². The van der Waals surface area contributed by atoms with E-state index < -0.39 is 0 Å². The maximum Gasteiger partial charge on any atom is 0.109 e. The average Bonchev–Trinajstić information content (AvgIpc) is 2.19. The predicted molar refractivity (Wildman–Crippen MR) is 56.6 cm³/mol. The van der Waals surface area contributed by atoms with E-state index in [2.05, 4.69) is 49.5 Å². The molecule has 1 atom stereocenters. The van der Waals surface area contributed by atoms with E-state index in [9.17, 15) is 0 Å². The summed E-state index contributed by atoms with van der Waals surface area (Å²) in [6.07, 6.45) is 2.61. The van der Waals surface area contributed by atoms with Gasteiger partial charge in [-0.3, -0.25) is 0 Å². The molecule has 0 radical (unpaired) electrons. The van der Waals surface area contributed by atoms with Crippen LogP contribution in [0.25, 0.3) is 0 Å². The van der Waals surface area contributed by atoms with E-state index in [1.807, 2.05) is 0 Å². The van der Waals surface area contributed by atoms with Crippen molar-refractivity contribution in [3.8, 4) is 0 Å². The molecule has 0 saturated heterocycles. The smallest absolute Gasteiger partial charge is 0.109 e. The lowest BCUT2D eigenvalue weighted by Gasteiger charge is -2.09. The van der Waals surface area contributed by atoms with Crippen molar-refractivity contribution in [1.29, 1.82) is 0 Å². The molecule has 13 heavy (non-hydrogen) atoms. The summed E-state index contributed by atoms with van der Waals surface area (Å²) in [7, 11) is 0. The summed E-state index contributed by atoms with van der Waals surface area (Å²) in [5.41, 5.74) is 1.43. The maximum absolute atomic E-state index is 2.42. The topological polar surface area (TPSA) is 16.6 Å². The van der Waals surface area contributed by atoms with Gasteiger partial charge in [-0.1, -0.05) is 43.7 Å². The van der Waals surface area contributed by atoms with Gasteiger partial charge in [0.05, 0.1) is 6.54 Å². The molecule has 0 bridgehead atoms. The van der Waals surface area contributed by atoms with Crippen molar-refractivity contribution < 1.29 is 5.32 Å². The molecule has 2 N–H and O–H groups in total. The van der Waals surface area contributed by atoms with E-state index in [0.717, 1.165) is 0 Å². The number of benzene rings is 1. The molecular weight excluding hydrogens is 158 g/mol. The van der Waals surface area contributed by atoms with E-state index in [-0.39, 0.29) is 0 Å². The van der Waals surface area contributed by atoms with Crippen molar-refractivity contribution in [3.63, 3.8) is 0 Å². The molecule has 1 rings (SSSR count). The maximum atomic E-state index is 2.42. The van der Waals surface area contributed by atoms with Crippen molar-refractivity contribution in [3.05, 3.63) is 35.9 Å². The van der Waals surface area contributed by atoms with Crippen LogP contribution in [0.4, 0.5) is 0 Å². The summed E-state index contributed by atoms with van der Waals surface area (Å²) < 4.78 is 0. The Balaban J connectivity index is 2.35. The fraction of sp³-hybridized carbons (Fsp3) is 0.500. The monoisotopic (exact) mass is 178 g/mol. The number of unbranched alkanes of at least 4 members (excludes halogenated alkanes) is 1. The fourth-order valence-electron chi connectivity index (χ4n) is 1.46. The zero-order valence-corrected chi connectivity index (χ0v) is 8.66. The first-order chi connectivity index (χ1) is 6.34. The highest BCUT2D eigenvalue weighted by molar-refractivity contribution is 5.16. The van der Waals surface area contributed by atoms with Crippen molar-refractivity contribution >= 4 is 0 Å².